The molecule has 0 aliphatic heterocycles. The molecular weight excluding hydrogens is 332 g/mol. The van der Waals surface area contributed by atoms with Crippen molar-refractivity contribution in [1.82, 2.24) is 4.72 Å². The van der Waals surface area contributed by atoms with E-state index in [0.717, 1.165) is 0 Å². The Morgan fingerprint density at radius 3 is 2.33 bits per heavy atom. The standard InChI is InChI=1S/C16H14N2O5S/c1-17-24(22,23)14-9-6-13(7-10-14)16(19)11-8-12-4-2-3-5-15(12)18(20)21/h2-11,17H,1H3/b11-8+. The van der Waals surface area contributed by atoms with Crippen molar-refractivity contribution in [2.45, 2.75) is 4.90 Å². The number of carbonyl (C=O) groups excluding carboxylic acids is 1. The molecule has 0 aliphatic rings. The molecule has 0 unspecified atom stereocenters. The molecule has 24 heavy (non-hydrogen) atoms. The largest absolute Gasteiger partial charge is 0.289 e. The first-order valence-electron chi connectivity index (χ1n) is 6.84. The quantitative estimate of drug-likeness (QED) is 0.374. The van der Waals surface area contributed by atoms with Crippen LogP contribution in [0.2, 0.25) is 0 Å². The van der Waals surface area contributed by atoms with Gasteiger partial charge in [0, 0.05) is 11.6 Å². The molecular formula is C16H14N2O5S. The summed E-state index contributed by atoms with van der Waals surface area (Å²) >= 11 is 0. The lowest BCUT2D eigenvalue weighted by Crippen LogP contribution is -2.18. The summed E-state index contributed by atoms with van der Waals surface area (Å²) in [5, 5.41) is 10.9. The third-order valence-corrected chi connectivity index (χ3v) is 4.70. The highest BCUT2D eigenvalue weighted by atomic mass is 32.2. The number of hydrogen-bond donors (Lipinski definition) is 1. The Morgan fingerprint density at radius 2 is 1.75 bits per heavy atom. The Morgan fingerprint density at radius 1 is 1.12 bits per heavy atom. The van der Waals surface area contributed by atoms with E-state index in [-0.39, 0.29) is 21.9 Å². The van der Waals surface area contributed by atoms with Crippen LogP contribution >= 0.6 is 0 Å². The number of nitro benzene ring substituents is 1. The van der Waals surface area contributed by atoms with Gasteiger partial charge >= 0.3 is 0 Å². The topological polar surface area (TPSA) is 106 Å². The smallest absolute Gasteiger partial charge is 0.276 e. The molecule has 0 atom stereocenters. The molecule has 0 radical (unpaired) electrons. The molecule has 0 amide bonds. The summed E-state index contributed by atoms with van der Waals surface area (Å²) in [6, 6.07) is 11.5. The summed E-state index contributed by atoms with van der Waals surface area (Å²) in [5.74, 6) is -0.387. The number of allylic oxidation sites excluding steroid dienone is 1. The molecule has 0 fully saturated rings. The van der Waals surface area contributed by atoms with Gasteiger partial charge in [0.15, 0.2) is 5.78 Å². The zero-order chi connectivity index (χ0) is 17.7. The highest BCUT2D eigenvalue weighted by Crippen LogP contribution is 2.19. The molecule has 2 aromatic carbocycles. The molecule has 0 aromatic heterocycles. The van der Waals surface area contributed by atoms with Crippen molar-refractivity contribution in [3.8, 4) is 0 Å². The van der Waals surface area contributed by atoms with Gasteiger partial charge in [0.1, 0.15) is 0 Å². The minimum atomic E-state index is -3.57. The fraction of sp³-hybridized carbons (Fsp3) is 0.0625. The van der Waals surface area contributed by atoms with Crippen LogP contribution in [-0.2, 0) is 10.0 Å². The van der Waals surface area contributed by atoms with E-state index in [2.05, 4.69) is 4.72 Å². The Kier molecular flexibility index (Phi) is 5.22. The summed E-state index contributed by atoms with van der Waals surface area (Å²) in [5.41, 5.74) is 0.488. The van der Waals surface area contributed by atoms with Gasteiger partial charge in [0.25, 0.3) is 5.69 Å². The van der Waals surface area contributed by atoms with Gasteiger partial charge in [-0.25, -0.2) is 13.1 Å². The fourth-order valence-electron chi connectivity index (χ4n) is 1.97. The van der Waals surface area contributed by atoms with E-state index in [9.17, 15) is 23.3 Å². The van der Waals surface area contributed by atoms with Gasteiger partial charge in [0.2, 0.25) is 10.0 Å². The number of nitrogens with one attached hydrogen (secondary N) is 1. The number of carbonyl (C=O) groups is 1. The predicted octanol–water partition coefficient (Wildman–Crippen LogP) is 2.40. The lowest BCUT2D eigenvalue weighted by molar-refractivity contribution is -0.385. The number of ketones is 1. The molecule has 2 aromatic rings. The second kappa shape index (κ2) is 7.16. The monoisotopic (exact) mass is 346 g/mol. The van der Waals surface area contributed by atoms with Crippen molar-refractivity contribution in [1.29, 1.82) is 0 Å². The molecule has 0 saturated heterocycles. The fourth-order valence-corrected chi connectivity index (χ4v) is 2.70. The Hall–Kier alpha value is -2.84. The van der Waals surface area contributed by atoms with Gasteiger partial charge in [-0.1, -0.05) is 12.1 Å². The first-order valence-corrected chi connectivity index (χ1v) is 8.33. The summed E-state index contributed by atoms with van der Waals surface area (Å²) in [7, 11) is -2.27. The molecule has 0 bridgehead atoms. The number of nitro groups is 1. The van der Waals surface area contributed by atoms with Crippen LogP contribution in [0.4, 0.5) is 5.69 Å². The van der Waals surface area contributed by atoms with Gasteiger partial charge in [-0.3, -0.25) is 14.9 Å². The maximum atomic E-state index is 12.1. The third kappa shape index (κ3) is 3.92. The Bertz CT molecular complexity index is 902. The second-order valence-corrected chi connectivity index (χ2v) is 6.63. The van der Waals surface area contributed by atoms with E-state index < -0.39 is 14.9 Å². The lowest BCUT2D eigenvalue weighted by Gasteiger charge is -2.03. The van der Waals surface area contributed by atoms with E-state index in [0.29, 0.717) is 5.56 Å². The third-order valence-electron chi connectivity index (χ3n) is 3.27. The summed E-state index contributed by atoms with van der Waals surface area (Å²) in [6.45, 7) is 0. The van der Waals surface area contributed by atoms with E-state index in [4.69, 9.17) is 0 Å². The summed E-state index contributed by atoms with van der Waals surface area (Å²) in [4.78, 5) is 22.5. The van der Waals surface area contributed by atoms with Crippen LogP contribution in [0.3, 0.4) is 0 Å². The predicted molar refractivity (Wildman–Crippen MR) is 89.1 cm³/mol. The van der Waals surface area contributed by atoms with Crippen molar-refractivity contribution in [3.63, 3.8) is 0 Å². The van der Waals surface area contributed by atoms with Gasteiger partial charge in [0.05, 0.1) is 15.4 Å². The van der Waals surface area contributed by atoms with Gasteiger partial charge in [-0.05, 0) is 49.5 Å². The molecule has 0 spiro atoms. The van der Waals surface area contributed by atoms with Crippen LogP contribution in [0.1, 0.15) is 15.9 Å². The number of hydrogen-bond acceptors (Lipinski definition) is 5. The zero-order valence-electron chi connectivity index (χ0n) is 12.7. The number of para-hydroxylation sites is 1. The number of sulfonamides is 1. The Labute approximate surface area is 138 Å². The number of benzene rings is 2. The van der Waals surface area contributed by atoms with Crippen molar-refractivity contribution in [2.75, 3.05) is 7.05 Å². The average Bonchev–Trinajstić information content (AvgIpc) is 2.60. The van der Waals surface area contributed by atoms with Crippen LogP contribution in [0, 0.1) is 10.1 Å². The first-order chi connectivity index (χ1) is 11.3. The average molecular weight is 346 g/mol. The van der Waals surface area contributed by atoms with E-state index in [1.165, 1.54) is 61.7 Å². The van der Waals surface area contributed by atoms with Crippen molar-refractivity contribution in [3.05, 3.63) is 75.8 Å². The number of nitrogens with zero attached hydrogens (tertiary/aromatic N) is 1. The van der Waals surface area contributed by atoms with Crippen LogP contribution in [0.25, 0.3) is 6.08 Å². The lowest BCUT2D eigenvalue weighted by atomic mass is 10.1. The SMILES string of the molecule is CNS(=O)(=O)c1ccc(C(=O)/C=C/c2ccccc2[N+](=O)[O-])cc1. The second-order valence-electron chi connectivity index (χ2n) is 4.75. The van der Waals surface area contributed by atoms with Crippen LogP contribution in [0.15, 0.2) is 59.5 Å². The van der Waals surface area contributed by atoms with Gasteiger partial charge in [-0.2, -0.15) is 0 Å². The van der Waals surface area contributed by atoms with Gasteiger partial charge in [-0.15, -0.1) is 0 Å². The summed E-state index contributed by atoms with van der Waals surface area (Å²) < 4.78 is 25.4. The van der Waals surface area contributed by atoms with E-state index in [1.54, 1.807) is 6.07 Å². The summed E-state index contributed by atoms with van der Waals surface area (Å²) in [6.07, 6.45) is 2.57. The molecule has 1 N–H and O–H groups in total. The molecule has 124 valence electrons. The minimum Gasteiger partial charge on any atom is -0.289 e. The van der Waals surface area contributed by atoms with Crippen LogP contribution in [0.5, 0.6) is 0 Å². The first kappa shape index (κ1) is 17.5. The van der Waals surface area contributed by atoms with Crippen molar-refractivity contribution >= 4 is 27.6 Å². The maximum Gasteiger partial charge on any atom is 0.276 e. The van der Waals surface area contributed by atoms with Crippen LogP contribution in [-0.4, -0.2) is 26.2 Å². The normalized spacial score (nSPS) is 11.5. The number of rotatable bonds is 6. The van der Waals surface area contributed by atoms with Crippen LogP contribution < -0.4 is 4.72 Å². The van der Waals surface area contributed by atoms with Gasteiger partial charge < -0.3 is 0 Å². The Balaban J connectivity index is 2.23. The molecule has 8 heteroatoms. The molecule has 2 rings (SSSR count). The molecule has 0 heterocycles. The highest BCUT2D eigenvalue weighted by molar-refractivity contribution is 7.89. The molecule has 0 saturated carbocycles. The van der Waals surface area contributed by atoms with E-state index in [1.807, 2.05) is 0 Å². The van der Waals surface area contributed by atoms with E-state index >= 15 is 0 Å². The van der Waals surface area contributed by atoms with Crippen molar-refractivity contribution in [2.24, 2.45) is 0 Å². The molecule has 0 aliphatic carbocycles. The van der Waals surface area contributed by atoms with Crippen molar-refractivity contribution < 1.29 is 18.1 Å². The highest BCUT2D eigenvalue weighted by Gasteiger charge is 2.13. The zero-order valence-corrected chi connectivity index (χ0v) is 13.5. The maximum absolute atomic E-state index is 12.1. The molecule has 7 nitrogen and oxygen atoms in total. The minimum absolute atomic E-state index is 0.0456.